The largest absolute Gasteiger partial charge is 0.445 e. The van der Waals surface area contributed by atoms with Gasteiger partial charge < -0.3 is 4.74 Å². The van der Waals surface area contributed by atoms with Gasteiger partial charge in [-0.2, -0.15) is 0 Å². The number of ether oxygens (including phenoxy) is 1. The number of esters is 1. The molecule has 0 aromatic heterocycles. The van der Waals surface area contributed by atoms with Gasteiger partial charge in [0.1, 0.15) is 0 Å². The topological polar surface area (TPSA) is 26.3 Å². The molecule has 1 atom stereocenters. The van der Waals surface area contributed by atoms with Crippen molar-refractivity contribution in [1.29, 1.82) is 0 Å². The average Bonchev–Trinajstić information content (AvgIpc) is 2.28. The van der Waals surface area contributed by atoms with E-state index in [1.165, 1.54) is 5.56 Å². The molecule has 0 N–H and O–H groups in total. The van der Waals surface area contributed by atoms with Crippen molar-refractivity contribution in [1.82, 2.24) is 0 Å². The predicted octanol–water partition coefficient (Wildman–Crippen LogP) is 4.41. The van der Waals surface area contributed by atoms with Crippen LogP contribution >= 0.6 is 11.6 Å². The fourth-order valence-corrected chi connectivity index (χ4v) is 1.79. The van der Waals surface area contributed by atoms with E-state index in [4.69, 9.17) is 16.3 Å². The molecule has 0 fully saturated rings. The fourth-order valence-electron chi connectivity index (χ4n) is 1.63. The number of carbonyl (C=O) groups excluding carboxylic acids is 1. The van der Waals surface area contributed by atoms with Crippen LogP contribution in [0.4, 0.5) is 0 Å². The van der Waals surface area contributed by atoms with Gasteiger partial charge in [0, 0.05) is 5.41 Å². The Balaban J connectivity index is 2.69. The maximum atomic E-state index is 11.9. The van der Waals surface area contributed by atoms with Crippen LogP contribution in [0.1, 0.15) is 40.2 Å². The highest BCUT2D eigenvalue weighted by atomic mass is 35.5. The Morgan fingerprint density at radius 3 is 2.16 bits per heavy atom. The first-order valence-electron chi connectivity index (χ1n) is 6.52. The van der Waals surface area contributed by atoms with Crippen molar-refractivity contribution in [2.24, 2.45) is 10.8 Å². The summed E-state index contributed by atoms with van der Waals surface area (Å²) in [4.78, 5) is 11.9. The van der Waals surface area contributed by atoms with E-state index in [9.17, 15) is 4.79 Å². The van der Waals surface area contributed by atoms with Crippen LogP contribution in [0.3, 0.4) is 0 Å². The molecule has 0 aliphatic heterocycles. The third-order valence-corrected chi connectivity index (χ3v) is 3.62. The van der Waals surface area contributed by atoms with Crippen LogP contribution in [0.2, 0.25) is 0 Å². The minimum absolute atomic E-state index is 0.270. The van der Waals surface area contributed by atoms with Crippen LogP contribution in [-0.4, -0.2) is 11.5 Å². The second-order valence-electron chi connectivity index (χ2n) is 6.62. The smallest absolute Gasteiger partial charge is 0.312 e. The lowest BCUT2D eigenvalue weighted by molar-refractivity contribution is -0.159. The molecule has 0 heterocycles. The Labute approximate surface area is 121 Å². The zero-order valence-electron chi connectivity index (χ0n) is 12.4. The second-order valence-corrected chi connectivity index (χ2v) is 7.02. The Hall–Kier alpha value is -1.02. The summed E-state index contributed by atoms with van der Waals surface area (Å²) >= 11 is 6.28. The molecule has 0 saturated heterocycles. The first-order chi connectivity index (χ1) is 8.63. The van der Waals surface area contributed by atoms with Crippen LogP contribution in [0.5, 0.6) is 0 Å². The zero-order chi connectivity index (χ0) is 14.7. The van der Waals surface area contributed by atoms with Crippen molar-refractivity contribution in [3.05, 3.63) is 35.9 Å². The van der Waals surface area contributed by atoms with E-state index in [1.807, 2.05) is 52.8 Å². The molecular formula is C16H23ClO2. The Bertz CT molecular complexity index is 418. The quantitative estimate of drug-likeness (QED) is 0.604. The maximum absolute atomic E-state index is 11.9. The normalized spacial score (nSPS) is 14.0. The zero-order valence-corrected chi connectivity index (χ0v) is 13.1. The van der Waals surface area contributed by atoms with E-state index in [0.717, 1.165) is 6.42 Å². The standard InChI is InChI=1S/C16H23ClO2/c1-15(2,3)14(18)19-13(17)16(4,5)11-12-9-7-6-8-10-12/h6-10,13H,11H2,1-5H3. The van der Waals surface area contributed by atoms with Gasteiger partial charge in [0.25, 0.3) is 0 Å². The van der Waals surface area contributed by atoms with Gasteiger partial charge in [-0.15, -0.1) is 0 Å². The summed E-state index contributed by atoms with van der Waals surface area (Å²) in [5, 5.41) is 0. The SMILES string of the molecule is CC(C)(C)C(=O)OC(Cl)C(C)(C)Cc1ccccc1. The van der Waals surface area contributed by atoms with Crippen molar-refractivity contribution < 1.29 is 9.53 Å². The number of benzene rings is 1. The Morgan fingerprint density at radius 1 is 1.16 bits per heavy atom. The second kappa shape index (κ2) is 5.96. The third-order valence-electron chi connectivity index (χ3n) is 2.94. The highest BCUT2D eigenvalue weighted by molar-refractivity contribution is 6.20. The van der Waals surface area contributed by atoms with E-state index in [2.05, 4.69) is 12.1 Å². The fraction of sp³-hybridized carbons (Fsp3) is 0.562. The summed E-state index contributed by atoms with van der Waals surface area (Å²) in [6.07, 6.45) is 0.763. The highest BCUT2D eigenvalue weighted by Crippen LogP contribution is 2.32. The van der Waals surface area contributed by atoms with Gasteiger partial charge in [0.15, 0.2) is 5.56 Å². The summed E-state index contributed by atoms with van der Waals surface area (Å²) in [5.74, 6) is -0.270. The van der Waals surface area contributed by atoms with Gasteiger partial charge in [-0.25, -0.2) is 0 Å². The molecule has 1 aromatic rings. The van der Waals surface area contributed by atoms with Crippen molar-refractivity contribution >= 4 is 17.6 Å². The molecule has 106 valence electrons. The van der Waals surface area contributed by atoms with E-state index in [-0.39, 0.29) is 11.4 Å². The van der Waals surface area contributed by atoms with Gasteiger partial charge in [0.2, 0.25) is 0 Å². The molecule has 0 aliphatic carbocycles. The molecule has 0 spiro atoms. The molecule has 1 rings (SSSR count). The van der Waals surface area contributed by atoms with Gasteiger partial charge in [0.05, 0.1) is 5.41 Å². The summed E-state index contributed by atoms with van der Waals surface area (Å²) in [6, 6.07) is 10.1. The number of carbonyl (C=O) groups is 1. The summed E-state index contributed by atoms with van der Waals surface area (Å²) in [5.41, 5.74) is -0.302. The number of rotatable bonds is 4. The van der Waals surface area contributed by atoms with E-state index in [1.54, 1.807) is 0 Å². The van der Waals surface area contributed by atoms with E-state index >= 15 is 0 Å². The highest BCUT2D eigenvalue weighted by Gasteiger charge is 2.34. The maximum Gasteiger partial charge on any atom is 0.312 e. The van der Waals surface area contributed by atoms with Gasteiger partial charge >= 0.3 is 5.97 Å². The van der Waals surface area contributed by atoms with Crippen molar-refractivity contribution in [3.63, 3.8) is 0 Å². The van der Waals surface area contributed by atoms with E-state index in [0.29, 0.717) is 0 Å². The monoisotopic (exact) mass is 282 g/mol. The number of hydrogen-bond acceptors (Lipinski definition) is 2. The van der Waals surface area contributed by atoms with Crippen LogP contribution in [0.15, 0.2) is 30.3 Å². The molecule has 3 heteroatoms. The van der Waals surface area contributed by atoms with Crippen molar-refractivity contribution in [2.75, 3.05) is 0 Å². The molecule has 19 heavy (non-hydrogen) atoms. The molecule has 0 amide bonds. The predicted molar refractivity (Wildman–Crippen MR) is 79.1 cm³/mol. The van der Waals surface area contributed by atoms with Crippen LogP contribution in [0, 0.1) is 10.8 Å². The number of hydrogen-bond donors (Lipinski definition) is 0. The average molecular weight is 283 g/mol. The molecule has 1 aromatic carbocycles. The third kappa shape index (κ3) is 4.87. The Kier molecular flexibility index (Phi) is 5.03. The number of halogens is 1. The van der Waals surface area contributed by atoms with Gasteiger partial charge in [-0.05, 0) is 32.8 Å². The minimum Gasteiger partial charge on any atom is -0.445 e. The summed E-state index contributed by atoms with van der Waals surface area (Å²) in [6.45, 7) is 9.48. The first kappa shape index (κ1) is 16.0. The minimum atomic E-state index is -0.639. The van der Waals surface area contributed by atoms with Crippen molar-refractivity contribution in [2.45, 2.75) is 46.6 Å². The lowest BCUT2D eigenvalue weighted by Crippen LogP contribution is -2.35. The van der Waals surface area contributed by atoms with Gasteiger partial charge in [-0.3, -0.25) is 4.79 Å². The molecule has 0 saturated carbocycles. The van der Waals surface area contributed by atoms with Crippen LogP contribution < -0.4 is 0 Å². The summed E-state index contributed by atoms with van der Waals surface area (Å²) < 4.78 is 5.38. The van der Waals surface area contributed by atoms with E-state index < -0.39 is 11.0 Å². The lowest BCUT2D eigenvalue weighted by atomic mass is 9.86. The Morgan fingerprint density at radius 2 is 1.68 bits per heavy atom. The van der Waals surface area contributed by atoms with Crippen molar-refractivity contribution in [3.8, 4) is 0 Å². The lowest BCUT2D eigenvalue weighted by Gasteiger charge is -2.31. The molecule has 0 aliphatic rings. The van der Waals surface area contributed by atoms with Crippen LogP contribution in [-0.2, 0) is 16.0 Å². The van der Waals surface area contributed by atoms with Gasteiger partial charge in [-0.1, -0.05) is 55.8 Å². The molecule has 1 unspecified atom stereocenters. The molecular weight excluding hydrogens is 260 g/mol. The summed E-state index contributed by atoms with van der Waals surface area (Å²) in [7, 11) is 0. The molecule has 0 bridgehead atoms. The molecule has 0 radical (unpaired) electrons. The molecule has 2 nitrogen and oxygen atoms in total. The van der Waals surface area contributed by atoms with Crippen LogP contribution in [0.25, 0.3) is 0 Å². The number of alkyl halides is 1. The first-order valence-corrected chi connectivity index (χ1v) is 6.96.